The standard InChI is InChI=1S/C14H11ClFN3/c1-19-13-5-3-9(16)7-12(13)18-14(19)10-6-8(15)2-4-11(10)17/h2-7H,17H2,1H3. The van der Waals surface area contributed by atoms with Gasteiger partial charge in [-0.25, -0.2) is 9.37 Å². The molecule has 0 aliphatic carbocycles. The maximum atomic E-state index is 13.2. The Morgan fingerprint density at radius 1 is 1.21 bits per heavy atom. The fourth-order valence-corrected chi connectivity index (χ4v) is 2.31. The fraction of sp³-hybridized carbons (Fsp3) is 0.0714. The summed E-state index contributed by atoms with van der Waals surface area (Å²) in [6, 6.07) is 9.73. The molecule has 19 heavy (non-hydrogen) atoms. The van der Waals surface area contributed by atoms with E-state index in [1.807, 2.05) is 11.6 Å². The van der Waals surface area contributed by atoms with Crippen molar-refractivity contribution in [1.82, 2.24) is 9.55 Å². The molecule has 3 aromatic rings. The molecule has 0 atom stereocenters. The molecule has 0 aliphatic heterocycles. The molecule has 2 N–H and O–H groups in total. The highest BCUT2D eigenvalue weighted by Crippen LogP contribution is 2.30. The minimum atomic E-state index is -0.309. The summed E-state index contributed by atoms with van der Waals surface area (Å²) in [5.41, 5.74) is 8.72. The van der Waals surface area contributed by atoms with Crippen molar-refractivity contribution in [3.63, 3.8) is 0 Å². The van der Waals surface area contributed by atoms with Crippen LogP contribution in [0.4, 0.5) is 10.1 Å². The monoisotopic (exact) mass is 275 g/mol. The third kappa shape index (κ3) is 1.94. The van der Waals surface area contributed by atoms with Gasteiger partial charge in [-0.15, -0.1) is 0 Å². The first-order chi connectivity index (χ1) is 9.06. The Bertz CT molecular complexity index is 780. The lowest BCUT2D eigenvalue weighted by Gasteiger charge is -2.06. The van der Waals surface area contributed by atoms with E-state index in [4.69, 9.17) is 17.3 Å². The van der Waals surface area contributed by atoms with E-state index in [2.05, 4.69) is 4.98 Å². The van der Waals surface area contributed by atoms with Crippen LogP contribution in [0.3, 0.4) is 0 Å². The first-order valence-corrected chi connectivity index (χ1v) is 6.11. The van der Waals surface area contributed by atoms with Crippen LogP contribution in [0.2, 0.25) is 5.02 Å². The molecule has 1 heterocycles. The van der Waals surface area contributed by atoms with E-state index in [9.17, 15) is 4.39 Å². The third-order valence-corrected chi connectivity index (χ3v) is 3.33. The van der Waals surface area contributed by atoms with Gasteiger partial charge in [0.25, 0.3) is 0 Å². The van der Waals surface area contributed by atoms with Gasteiger partial charge < -0.3 is 10.3 Å². The summed E-state index contributed by atoms with van der Waals surface area (Å²) in [5.74, 6) is 0.358. The highest BCUT2D eigenvalue weighted by Gasteiger charge is 2.13. The third-order valence-electron chi connectivity index (χ3n) is 3.10. The molecule has 0 amide bonds. The van der Waals surface area contributed by atoms with Gasteiger partial charge in [0, 0.05) is 29.4 Å². The van der Waals surface area contributed by atoms with Crippen LogP contribution in [-0.2, 0) is 7.05 Å². The number of anilines is 1. The molecule has 0 bridgehead atoms. The Labute approximate surface area is 114 Å². The average molecular weight is 276 g/mol. The first kappa shape index (κ1) is 12.0. The van der Waals surface area contributed by atoms with Gasteiger partial charge >= 0.3 is 0 Å². The smallest absolute Gasteiger partial charge is 0.143 e. The van der Waals surface area contributed by atoms with Crippen LogP contribution in [0.15, 0.2) is 36.4 Å². The molecular formula is C14H11ClFN3. The van der Waals surface area contributed by atoms with Gasteiger partial charge in [0.2, 0.25) is 0 Å². The number of nitrogen functional groups attached to an aromatic ring is 1. The number of imidazole rings is 1. The Hall–Kier alpha value is -2.07. The van der Waals surface area contributed by atoms with Gasteiger partial charge in [0.05, 0.1) is 11.0 Å². The zero-order chi connectivity index (χ0) is 13.6. The summed E-state index contributed by atoms with van der Waals surface area (Å²) < 4.78 is 15.1. The quantitative estimate of drug-likeness (QED) is 0.690. The summed E-state index contributed by atoms with van der Waals surface area (Å²) in [6.45, 7) is 0. The van der Waals surface area contributed by atoms with Gasteiger partial charge in [-0.05, 0) is 30.3 Å². The molecule has 1 aromatic heterocycles. The maximum absolute atomic E-state index is 13.2. The summed E-state index contributed by atoms with van der Waals surface area (Å²) in [7, 11) is 1.86. The van der Waals surface area contributed by atoms with Crippen LogP contribution in [-0.4, -0.2) is 9.55 Å². The zero-order valence-corrected chi connectivity index (χ0v) is 10.9. The molecule has 3 nitrogen and oxygen atoms in total. The van der Waals surface area contributed by atoms with E-state index in [1.165, 1.54) is 12.1 Å². The average Bonchev–Trinajstić information content (AvgIpc) is 2.69. The summed E-state index contributed by atoms with van der Waals surface area (Å²) >= 11 is 5.99. The summed E-state index contributed by atoms with van der Waals surface area (Å²) in [5, 5.41) is 0.586. The van der Waals surface area contributed by atoms with Crippen LogP contribution >= 0.6 is 11.6 Å². The van der Waals surface area contributed by atoms with E-state index < -0.39 is 0 Å². The van der Waals surface area contributed by atoms with Crippen molar-refractivity contribution in [3.8, 4) is 11.4 Å². The Balaban J connectivity index is 2.30. The molecule has 0 spiro atoms. The van der Waals surface area contributed by atoms with Gasteiger partial charge in [-0.2, -0.15) is 0 Å². The SMILES string of the molecule is Cn1c(-c2cc(Cl)ccc2N)nc2cc(F)ccc21. The van der Waals surface area contributed by atoms with E-state index >= 15 is 0 Å². The highest BCUT2D eigenvalue weighted by atomic mass is 35.5. The Morgan fingerprint density at radius 2 is 2.00 bits per heavy atom. The van der Waals surface area contributed by atoms with Crippen molar-refractivity contribution in [2.45, 2.75) is 0 Å². The lowest BCUT2D eigenvalue weighted by atomic mass is 10.1. The van der Waals surface area contributed by atoms with Crippen molar-refractivity contribution in [2.24, 2.45) is 7.05 Å². The van der Waals surface area contributed by atoms with Gasteiger partial charge in [0.15, 0.2) is 0 Å². The van der Waals surface area contributed by atoms with Crippen molar-refractivity contribution < 1.29 is 4.39 Å². The topological polar surface area (TPSA) is 43.8 Å². The minimum absolute atomic E-state index is 0.309. The maximum Gasteiger partial charge on any atom is 0.143 e. The number of aryl methyl sites for hydroxylation is 1. The van der Waals surface area contributed by atoms with Crippen molar-refractivity contribution in [3.05, 3.63) is 47.2 Å². The van der Waals surface area contributed by atoms with Crippen molar-refractivity contribution in [2.75, 3.05) is 5.73 Å². The number of hydrogen-bond acceptors (Lipinski definition) is 2. The van der Waals surface area contributed by atoms with E-state index in [0.29, 0.717) is 22.1 Å². The molecule has 0 fully saturated rings. The molecule has 3 rings (SSSR count). The number of fused-ring (bicyclic) bond motifs is 1. The van der Waals surface area contributed by atoms with E-state index in [-0.39, 0.29) is 5.82 Å². The molecule has 0 unspecified atom stereocenters. The zero-order valence-electron chi connectivity index (χ0n) is 10.2. The number of benzene rings is 2. The van der Waals surface area contributed by atoms with Crippen molar-refractivity contribution >= 4 is 28.3 Å². The number of rotatable bonds is 1. The van der Waals surface area contributed by atoms with Gasteiger partial charge in [-0.3, -0.25) is 0 Å². The van der Waals surface area contributed by atoms with Crippen molar-refractivity contribution in [1.29, 1.82) is 0 Å². The molecule has 2 aromatic carbocycles. The second-order valence-corrected chi connectivity index (χ2v) is 4.80. The lowest BCUT2D eigenvalue weighted by molar-refractivity contribution is 0.629. The molecule has 0 saturated heterocycles. The predicted octanol–water partition coefficient (Wildman–Crippen LogP) is 3.62. The largest absolute Gasteiger partial charge is 0.398 e. The van der Waals surface area contributed by atoms with Gasteiger partial charge in [0.1, 0.15) is 11.6 Å². The molecule has 5 heteroatoms. The number of nitrogens with two attached hydrogens (primary N) is 1. The van der Waals surface area contributed by atoms with Crippen LogP contribution in [0, 0.1) is 5.82 Å². The number of halogens is 2. The second-order valence-electron chi connectivity index (χ2n) is 4.36. The minimum Gasteiger partial charge on any atom is -0.398 e. The predicted molar refractivity (Wildman–Crippen MR) is 75.5 cm³/mol. The molecule has 0 saturated carbocycles. The van der Waals surface area contributed by atoms with E-state index in [0.717, 1.165) is 11.1 Å². The second kappa shape index (κ2) is 4.24. The summed E-state index contributed by atoms with van der Waals surface area (Å²) in [6.07, 6.45) is 0. The first-order valence-electron chi connectivity index (χ1n) is 5.73. The number of hydrogen-bond donors (Lipinski definition) is 1. The Kier molecular flexibility index (Phi) is 2.68. The molecule has 0 radical (unpaired) electrons. The number of aromatic nitrogens is 2. The fourth-order valence-electron chi connectivity index (χ4n) is 2.14. The molecular weight excluding hydrogens is 265 g/mol. The Morgan fingerprint density at radius 3 is 2.79 bits per heavy atom. The summed E-state index contributed by atoms with van der Waals surface area (Å²) in [4.78, 5) is 4.43. The molecule has 96 valence electrons. The lowest BCUT2D eigenvalue weighted by Crippen LogP contribution is -1.96. The molecule has 0 aliphatic rings. The highest BCUT2D eigenvalue weighted by molar-refractivity contribution is 6.31. The number of nitrogens with zero attached hydrogens (tertiary/aromatic N) is 2. The van der Waals surface area contributed by atoms with Crippen LogP contribution < -0.4 is 5.73 Å². The van der Waals surface area contributed by atoms with E-state index in [1.54, 1.807) is 24.3 Å². The normalized spacial score (nSPS) is 11.1. The van der Waals surface area contributed by atoms with Gasteiger partial charge in [-0.1, -0.05) is 11.6 Å². The van der Waals surface area contributed by atoms with Crippen LogP contribution in [0.1, 0.15) is 0 Å². The van der Waals surface area contributed by atoms with Crippen LogP contribution in [0.5, 0.6) is 0 Å². The van der Waals surface area contributed by atoms with Crippen LogP contribution in [0.25, 0.3) is 22.4 Å².